The van der Waals surface area contributed by atoms with Crippen molar-refractivity contribution in [3.05, 3.63) is 21.9 Å². The number of thiophene rings is 1. The number of rotatable bonds is 5. The second-order valence-electron chi connectivity index (χ2n) is 4.09. The van der Waals surface area contributed by atoms with Crippen LogP contribution in [-0.4, -0.2) is 23.0 Å². The molecule has 5 heteroatoms. The Morgan fingerprint density at radius 1 is 1.47 bits per heavy atom. The molecule has 0 saturated carbocycles. The monoisotopic (exact) mass is 255 g/mol. The molecule has 0 aliphatic carbocycles. The zero-order chi connectivity index (χ0) is 13.0. The van der Waals surface area contributed by atoms with Gasteiger partial charge in [-0.2, -0.15) is 0 Å². The summed E-state index contributed by atoms with van der Waals surface area (Å²) in [5.74, 6) is -1.38. The van der Waals surface area contributed by atoms with E-state index in [9.17, 15) is 9.59 Å². The lowest BCUT2D eigenvalue weighted by Crippen LogP contribution is -2.44. The van der Waals surface area contributed by atoms with Gasteiger partial charge in [-0.3, -0.25) is 4.79 Å². The predicted octanol–water partition coefficient (Wildman–Crippen LogP) is 2.29. The van der Waals surface area contributed by atoms with E-state index in [0.29, 0.717) is 11.3 Å². The first kappa shape index (κ1) is 13.7. The van der Waals surface area contributed by atoms with E-state index < -0.39 is 12.0 Å². The van der Waals surface area contributed by atoms with Gasteiger partial charge in [0.2, 0.25) is 0 Å². The zero-order valence-corrected chi connectivity index (χ0v) is 11.0. The van der Waals surface area contributed by atoms with Crippen LogP contribution in [0.1, 0.15) is 34.8 Å². The fraction of sp³-hybridized carbons (Fsp3) is 0.500. The maximum atomic E-state index is 11.8. The van der Waals surface area contributed by atoms with E-state index >= 15 is 0 Å². The summed E-state index contributed by atoms with van der Waals surface area (Å²) in [5.41, 5.74) is 0. The van der Waals surface area contributed by atoms with Crippen molar-refractivity contribution in [3.63, 3.8) is 0 Å². The van der Waals surface area contributed by atoms with Gasteiger partial charge in [0.15, 0.2) is 0 Å². The van der Waals surface area contributed by atoms with Gasteiger partial charge in [-0.05, 0) is 25.0 Å². The van der Waals surface area contributed by atoms with Gasteiger partial charge in [0.05, 0.1) is 4.88 Å². The van der Waals surface area contributed by atoms with E-state index in [1.165, 1.54) is 11.3 Å². The van der Waals surface area contributed by atoms with Gasteiger partial charge in [0, 0.05) is 4.88 Å². The molecule has 2 atom stereocenters. The molecule has 4 nitrogen and oxygen atoms in total. The number of carboxylic acid groups (broad SMARTS) is 1. The molecule has 0 fully saturated rings. The summed E-state index contributed by atoms with van der Waals surface area (Å²) in [4.78, 5) is 24.5. The van der Waals surface area contributed by atoms with Crippen LogP contribution in [0, 0.1) is 12.8 Å². The molecule has 1 aromatic rings. The Labute approximate surface area is 105 Å². The third-order valence-electron chi connectivity index (χ3n) is 2.73. The van der Waals surface area contributed by atoms with Crippen LogP contribution in [0.5, 0.6) is 0 Å². The average molecular weight is 255 g/mol. The summed E-state index contributed by atoms with van der Waals surface area (Å²) in [6.45, 7) is 5.63. The van der Waals surface area contributed by atoms with Crippen molar-refractivity contribution in [2.24, 2.45) is 5.92 Å². The lowest BCUT2D eigenvalue weighted by atomic mass is 9.99. The van der Waals surface area contributed by atoms with Gasteiger partial charge < -0.3 is 10.4 Å². The van der Waals surface area contributed by atoms with E-state index in [2.05, 4.69) is 5.32 Å². The van der Waals surface area contributed by atoms with Crippen molar-refractivity contribution in [1.82, 2.24) is 5.32 Å². The number of amides is 1. The standard InChI is InChI=1S/C12H17NO3S/c1-4-7(2)10(12(15)16)13-11(14)9-6-5-8(3)17-9/h5-7,10H,4H2,1-3H3,(H,13,14)(H,15,16). The summed E-state index contributed by atoms with van der Waals surface area (Å²) >= 11 is 1.36. The van der Waals surface area contributed by atoms with Gasteiger partial charge in [-0.25, -0.2) is 4.79 Å². The second-order valence-corrected chi connectivity index (χ2v) is 5.37. The molecule has 1 aromatic heterocycles. The Bertz CT molecular complexity index is 414. The molecule has 0 bridgehead atoms. The van der Waals surface area contributed by atoms with Gasteiger partial charge in [0.25, 0.3) is 5.91 Å². The van der Waals surface area contributed by atoms with Crippen molar-refractivity contribution in [3.8, 4) is 0 Å². The molecule has 0 aliphatic rings. The van der Waals surface area contributed by atoms with Gasteiger partial charge in [-0.15, -0.1) is 11.3 Å². The van der Waals surface area contributed by atoms with E-state index in [4.69, 9.17) is 5.11 Å². The van der Waals surface area contributed by atoms with Crippen LogP contribution in [-0.2, 0) is 4.79 Å². The number of aliphatic carboxylic acids is 1. The Morgan fingerprint density at radius 2 is 2.12 bits per heavy atom. The average Bonchev–Trinajstić information content (AvgIpc) is 2.71. The van der Waals surface area contributed by atoms with Crippen LogP contribution in [0.4, 0.5) is 0 Å². The smallest absolute Gasteiger partial charge is 0.326 e. The van der Waals surface area contributed by atoms with Crippen LogP contribution >= 0.6 is 11.3 Å². The lowest BCUT2D eigenvalue weighted by Gasteiger charge is -2.19. The summed E-state index contributed by atoms with van der Waals surface area (Å²) in [6.07, 6.45) is 0.709. The molecule has 0 saturated heterocycles. The molecule has 0 radical (unpaired) electrons. The molecular formula is C12H17NO3S. The molecule has 0 aromatic carbocycles. The van der Waals surface area contributed by atoms with Crippen molar-refractivity contribution in [1.29, 1.82) is 0 Å². The lowest BCUT2D eigenvalue weighted by molar-refractivity contribution is -0.140. The van der Waals surface area contributed by atoms with Crippen LogP contribution < -0.4 is 5.32 Å². The largest absolute Gasteiger partial charge is 0.480 e. The summed E-state index contributed by atoms with van der Waals surface area (Å²) < 4.78 is 0. The second kappa shape index (κ2) is 5.82. The van der Waals surface area contributed by atoms with Crippen molar-refractivity contribution in [2.45, 2.75) is 33.2 Å². The predicted molar refractivity (Wildman–Crippen MR) is 67.4 cm³/mol. The van der Waals surface area contributed by atoms with Crippen molar-refractivity contribution < 1.29 is 14.7 Å². The molecule has 94 valence electrons. The van der Waals surface area contributed by atoms with Gasteiger partial charge >= 0.3 is 5.97 Å². The number of aryl methyl sites for hydroxylation is 1. The highest BCUT2D eigenvalue weighted by atomic mass is 32.1. The highest BCUT2D eigenvalue weighted by Gasteiger charge is 2.26. The fourth-order valence-electron chi connectivity index (χ4n) is 1.45. The number of carbonyl (C=O) groups excluding carboxylic acids is 1. The topological polar surface area (TPSA) is 66.4 Å². The fourth-order valence-corrected chi connectivity index (χ4v) is 2.22. The molecule has 1 rings (SSSR count). The molecular weight excluding hydrogens is 238 g/mol. The van der Waals surface area contributed by atoms with Gasteiger partial charge in [0.1, 0.15) is 6.04 Å². The zero-order valence-electron chi connectivity index (χ0n) is 10.2. The minimum Gasteiger partial charge on any atom is -0.480 e. The minimum absolute atomic E-state index is 0.0856. The first-order valence-corrected chi connectivity index (χ1v) is 6.37. The number of hydrogen-bond acceptors (Lipinski definition) is 3. The number of carbonyl (C=O) groups is 2. The highest BCUT2D eigenvalue weighted by molar-refractivity contribution is 7.13. The molecule has 2 unspecified atom stereocenters. The van der Waals surface area contributed by atoms with Crippen LogP contribution in [0.2, 0.25) is 0 Å². The maximum Gasteiger partial charge on any atom is 0.326 e. The van der Waals surface area contributed by atoms with E-state index in [0.717, 1.165) is 4.88 Å². The van der Waals surface area contributed by atoms with E-state index in [1.54, 1.807) is 6.07 Å². The highest BCUT2D eigenvalue weighted by Crippen LogP contribution is 2.16. The Morgan fingerprint density at radius 3 is 2.53 bits per heavy atom. The third kappa shape index (κ3) is 3.56. The summed E-state index contributed by atoms with van der Waals surface area (Å²) in [5, 5.41) is 11.6. The Kier molecular flexibility index (Phi) is 4.69. The molecule has 17 heavy (non-hydrogen) atoms. The third-order valence-corrected chi connectivity index (χ3v) is 3.73. The van der Waals surface area contributed by atoms with Crippen molar-refractivity contribution >= 4 is 23.2 Å². The minimum atomic E-state index is -0.985. The molecule has 0 spiro atoms. The van der Waals surface area contributed by atoms with Gasteiger partial charge in [-0.1, -0.05) is 20.3 Å². The van der Waals surface area contributed by atoms with Crippen molar-refractivity contribution in [2.75, 3.05) is 0 Å². The van der Waals surface area contributed by atoms with E-state index in [-0.39, 0.29) is 11.8 Å². The first-order valence-electron chi connectivity index (χ1n) is 5.55. The maximum absolute atomic E-state index is 11.8. The van der Waals surface area contributed by atoms with Crippen LogP contribution in [0.15, 0.2) is 12.1 Å². The summed E-state index contributed by atoms with van der Waals surface area (Å²) in [7, 11) is 0. The van der Waals surface area contributed by atoms with Crippen LogP contribution in [0.25, 0.3) is 0 Å². The summed E-state index contributed by atoms with van der Waals surface area (Å²) in [6, 6.07) is 2.73. The SMILES string of the molecule is CCC(C)C(NC(=O)c1ccc(C)s1)C(=O)O. The molecule has 2 N–H and O–H groups in total. The first-order chi connectivity index (χ1) is 7.95. The Hall–Kier alpha value is -1.36. The normalized spacial score (nSPS) is 14.1. The Balaban J connectivity index is 2.74. The van der Waals surface area contributed by atoms with E-state index in [1.807, 2.05) is 26.8 Å². The molecule has 0 aliphatic heterocycles. The number of hydrogen-bond donors (Lipinski definition) is 2. The number of nitrogens with one attached hydrogen (secondary N) is 1. The molecule has 1 heterocycles. The number of carboxylic acids is 1. The van der Waals surface area contributed by atoms with Crippen LogP contribution in [0.3, 0.4) is 0 Å². The quantitative estimate of drug-likeness (QED) is 0.848. The molecule has 1 amide bonds.